The number of rotatable bonds is 5. The van der Waals surface area contributed by atoms with Crippen LogP contribution in [0.3, 0.4) is 0 Å². The molecule has 0 amide bonds. The molecular formula is C13H13Cl2NOS. The molecule has 0 bridgehead atoms. The van der Waals surface area contributed by atoms with Crippen molar-refractivity contribution in [3.63, 3.8) is 0 Å². The summed E-state index contributed by atoms with van der Waals surface area (Å²) in [5.74, 6) is 0.717. The van der Waals surface area contributed by atoms with Gasteiger partial charge in [0.25, 0.3) is 0 Å². The minimum absolute atomic E-state index is 0.471. The fraction of sp³-hybridized carbons (Fsp3) is 0.231. The maximum Gasteiger partial charge on any atom is 0.141 e. The van der Waals surface area contributed by atoms with Crippen molar-refractivity contribution < 1.29 is 4.74 Å². The smallest absolute Gasteiger partial charge is 0.141 e. The van der Waals surface area contributed by atoms with Crippen molar-refractivity contribution >= 4 is 34.5 Å². The zero-order valence-corrected chi connectivity index (χ0v) is 12.0. The number of hydrogen-bond donors (Lipinski definition) is 1. The molecule has 0 aliphatic carbocycles. The number of benzene rings is 1. The summed E-state index contributed by atoms with van der Waals surface area (Å²) in [6.45, 7) is 1.04. The number of nitrogens with two attached hydrogens (primary N) is 1. The summed E-state index contributed by atoms with van der Waals surface area (Å²) < 4.78 is 6.54. The minimum atomic E-state index is 0.471. The Morgan fingerprint density at radius 1 is 1.17 bits per heavy atom. The number of ether oxygens (including phenoxy) is 1. The molecule has 2 nitrogen and oxygen atoms in total. The first-order valence-electron chi connectivity index (χ1n) is 5.55. The van der Waals surface area contributed by atoms with E-state index in [4.69, 9.17) is 33.7 Å². The Bertz CT molecular complexity index is 527. The van der Waals surface area contributed by atoms with Gasteiger partial charge in [-0.2, -0.15) is 0 Å². The highest BCUT2D eigenvalue weighted by Gasteiger charge is 2.08. The minimum Gasteiger partial charge on any atom is -0.486 e. The van der Waals surface area contributed by atoms with E-state index in [1.54, 1.807) is 0 Å². The third-order valence-corrected chi connectivity index (χ3v) is 3.95. The average molecular weight is 302 g/mol. The second-order valence-electron chi connectivity index (χ2n) is 3.76. The first-order chi connectivity index (χ1) is 8.70. The molecule has 1 aromatic heterocycles. The third-order valence-electron chi connectivity index (χ3n) is 2.45. The molecule has 5 heteroatoms. The van der Waals surface area contributed by atoms with Crippen molar-refractivity contribution in [2.45, 2.75) is 13.0 Å². The molecule has 1 heterocycles. The highest BCUT2D eigenvalue weighted by atomic mass is 35.5. The maximum absolute atomic E-state index is 6.15. The Labute approximate surface area is 120 Å². The zero-order valence-electron chi connectivity index (χ0n) is 9.66. The summed E-state index contributed by atoms with van der Waals surface area (Å²) in [4.78, 5) is 1.07. The Morgan fingerprint density at radius 2 is 2.00 bits per heavy atom. The Balaban J connectivity index is 2.12. The standard InChI is InChI=1S/C13H13Cl2NOS/c14-11-3-1-2-9(6-7-16)13(11)17-8-10-4-5-12(15)18-10/h1-5H,6-8,16H2. The van der Waals surface area contributed by atoms with Gasteiger partial charge in [0.2, 0.25) is 0 Å². The largest absolute Gasteiger partial charge is 0.486 e. The number of hydrogen-bond acceptors (Lipinski definition) is 3. The van der Waals surface area contributed by atoms with Crippen molar-refractivity contribution in [1.82, 2.24) is 0 Å². The van der Waals surface area contributed by atoms with Crippen LogP contribution in [0.15, 0.2) is 30.3 Å². The normalized spacial score (nSPS) is 10.6. The van der Waals surface area contributed by atoms with Gasteiger partial charge < -0.3 is 10.5 Å². The van der Waals surface area contributed by atoms with Crippen LogP contribution in [-0.2, 0) is 13.0 Å². The van der Waals surface area contributed by atoms with Crippen molar-refractivity contribution in [2.24, 2.45) is 5.73 Å². The quantitative estimate of drug-likeness (QED) is 0.901. The summed E-state index contributed by atoms with van der Waals surface area (Å²) in [6, 6.07) is 9.51. The van der Waals surface area contributed by atoms with E-state index >= 15 is 0 Å². The lowest BCUT2D eigenvalue weighted by Crippen LogP contribution is -2.05. The van der Waals surface area contributed by atoms with E-state index < -0.39 is 0 Å². The van der Waals surface area contributed by atoms with Crippen LogP contribution in [-0.4, -0.2) is 6.54 Å². The molecule has 2 N–H and O–H groups in total. The maximum atomic E-state index is 6.15. The molecule has 18 heavy (non-hydrogen) atoms. The van der Waals surface area contributed by atoms with Crippen molar-refractivity contribution in [2.75, 3.05) is 6.54 Å². The van der Waals surface area contributed by atoms with Crippen molar-refractivity contribution in [3.05, 3.63) is 50.1 Å². The predicted octanol–water partition coefficient (Wildman–Crippen LogP) is 4.14. The molecule has 2 aromatic rings. The third kappa shape index (κ3) is 3.39. The topological polar surface area (TPSA) is 35.2 Å². The lowest BCUT2D eigenvalue weighted by Gasteiger charge is -2.11. The summed E-state index contributed by atoms with van der Waals surface area (Å²) in [5, 5.41) is 0.614. The average Bonchev–Trinajstić information content (AvgIpc) is 2.75. The number of thiophene rings is 1. The summed E-state index contributed by atoms with van der Waals surface area (Å²) >= 11 is 13.5. The van der Waals surface area contributed by atoms with Gasteiger partial charge in [0.05, 0.1) is 9.36 Å². The molecule has 0 saturated heterocycles. The van der Waals surface area contributed by atoms with Gasteiger partial charge in [-0.15, -0.1) is 11.3 Å². The second kappa shape index (κ2) is 6.43. The Hall–Kier alpha value is -0.740. The highest BCUT2D eigenvalue weighted by Crippen LogP contribution is 2.31. The van der Waals surface area contributed by atoms with Crippen LogP contribution in [0.4, 0.5) is 0 Å². The molecule has 0 atom stereocenters. The van der Waals surface area contributed by atoms with E-state index in [-0.39, 0.29) is 0 Å². The van der Waals surface area contributed by atoms with Gasteiger partial charge in [0.15, 0.2) is 0 Å². The Kier molecular flexibility index (Phi) is 4.89. The highest BCUT2D eigenvalue weighted by molar-refractivity contribution is 7.16. The fourth-order valence-electron chi connectivity index (χ4n) is 1.64. The van der Waals surface area contributed by atoms with Crippen LogP contribution in [0.5, 0.6) is 5.75 Å². The van der Waals surface area contributed by atoms with Crippen molar-refractivity contribution in [1.29, 1.82) is 0 Å². The fourth-order valence-corrected chi connectivity index (χ4v) is 2.89. The SMILES string of the molecule is NCCc1cccc(Cl)c1OCc1ccc(Cl)s1. The van der Waals surface area contributed by atoms with E-state index in [9.17, 15) is 0 Å². The molecule has 0 aliphatic rings. The zero-order chi connectivity index (χ0) is 13.0. The van der Waals surface area contributed by atoms with Gasteiger partial charge in [-0.1, -0.05) is 35.3 Å². The van der Waals surface area contributed by atoms with Crippen LogP contribution < -0.4 is 10.5 Å². The molecule has 0 fully saturated rings. The lowest BCUT2D eigenvalue weighted by molar-refractivity contribution is 0.307. The van der Waals surface area contributed by atoms with Gasteiger partial charge in [-0.25, -0.2) is 0 Å². The summed E-state index contributed by atoms with van der Waals surface area (Å²) in [7, 11) is 0. The summed E-state index contributed by atoms with van der Waals surface area (Å²) in [6.07, 6.45) is 0.751. The van der Waals surface area contributed by atoms with Crippen molar-refractivity contribution in [3.8, 4) is 5.75 Å². The molecule has 0 spiro atoms. The van der Waals surface area contributed by atoms with Crippen LogP contribution in [0.2, 0.25) is 9.36 Å². The van der Waals surface area contributed by atoms with E-state index in [0.29, 0.717) is 23.9 Å². The molecule has 96 valence electrons. The lowest BCUT2D eigenvalue weighted by atomic mass is 10.1. The Morgan fingerprint density at radius 3 is 2.67 bits per heavy atom. The van der Waals surface area contributed by atoms with Crippen LogP contribution >= 0.6 is 34.5 Å². The van der Waals surface area contributed by atoms with Crippen LogP contribution in [0.25, 0.3) is 0 Å². The predicted molar refractivity (Wildman–Crippen MR) is 77.9 cm³/mol. The molecule has 1 aromatic carbocycles. The molecule has 0 unspecified atom stereocenters. The van der Waals surface area contributed by atoms with Crippen LogP contribution in [0, 0.1) is 0 Å². The van der Waals surface area contributed by atoms with Crippen LogP contribution in [0.1, 0.15) is 10.4 Å². The van der Waals surface area contributed by atoms with Gasteiger partial charge in [-0.05, 0) is 36.7 Å². The van der Waals surface area contributed by atoms with Gasteiger partial charge in [-0.3, -0.25) is 0 Å². The molecule has 0 radical (unpaired) electrons. The van der Waals surface area contributed by atoms with Gasteiger partial charge in [0.1, 0.15) is 12.4 Å². The second-order valence-corrected chi connectivity index (χ2v) is 5.97. The van der Waals surface area contributed by atoms with Gasteiger partial charge >= 0.3 is 0 Å². The first kappa shape index (κ1) is 13.7. The van der Waals surface area contributed by atoms with E-state index in [1.165, 1.54) is 11.3 Å². The molecule has 0 aliphatic heterocycles. The number of halogens is 2. The van der Waals surface area contributed by atoms with E-state index in [2.05, 4.69) is 0 Å². The molecular weight excluding hydrogens is 289 g/mol. The first-order valence-corrected chi connectivity index (χ1v) is 7.12. The molecule has 2 rings (SSSR count). The molecule has 0 saturated carbocycles. The summed E-state index contributed by atoms with van der Waals surface area (Å²) in [5.41, 5.74) is 6.61. The number of para-hydroxylation sites is 1. The van der Waals surface area contributed by atoms with E-state index in [0.717, 1.165) is 21.2 Å². The van der Waals surface area contributed by atoms with Gasteiger partial charge in [0, 0.05) is 4.88 Å². The monoisotopic (exact) mass is 301 g/mol. The van der Waals surface area contributed by atoms with E-state index in [1.807, 2.05) is 30.3 Å².